The topological polar surface area (TPSA) is 55.4 Å². The summed E-state index contributed by atoms with van der Waals surface area (Å²) in [6.07, 6.45) is -0.101. The second kappa shape index (κ2) is 13.6. The second-order valence-electron chi connectivity index (χ2n) is 8.56. The molecule has 0 amide bonds. The van der Waals surface area contributed by atoms with Crippen LogP contribution in [0.15, 0.2) is 72.8 Å². The van der Waals surface area contributed by atoms with Crippen LogP contribution in [0.1, 0.15) is 16.7 Å². The van der Waals surface area contributed by atoms with E-state index in [4.69, 9.17) is 28.4 Å². The van der Waals surface area contributed by atoms with Crippen molar-refractivity contribution in [2.75, 3.05) is 33.7 Å². The van der Waals surface area contributed by atoms with E-state index in [1.165, 1.54) is 0 Å². The lowest BCUT2D eigenvalue weighted by atomic mass is 10.1. The van der Waals surface area contributed by atoms with Crippen molar-refractivity contribution < 1.29 is 28.4 Å². The maximum absolute atomic E-state index is 6.44. The summed E-state index contributed by atoms with van der Waals surface area (Å²) in [5.41, 5.74) is 3.32. The van der Waals surface area contributed by atoms with Gasteiger partial charge in [-0.3, -0.25) is 0 Å². The monoisotopic (exact) mass is 510 g/mol. The van der Waals surface area contributed by atoms with E-state index in [-0.39, 0.29) is 17.5 Å². The number of rotatable bonds is 13. The van der Waals surface area contributed by atoms with Crippen LogP contribution in [0.25, 0.3) is 0 Å². The summed E-state index contributed by atoms with van der Waals surface area (Å²) >= 11 is 1.85. The molecule has 0 aliphatic carbocycles. The molecule has 1 aliphatic heterocycles. The highest BCUT2D eigenvalue weighted by Gasteiger charge is 2.38. The van der Waals surface area contributed by atoms with Crippen LogP contribution in [0.2, 0.25) is 0 Å². The van der Waals surface area contributed by atoms with Gasteiger partial charge in [-0.05, 0) is 53.1 Å². The molecule has 0 aromatic heterocycles. The van der Waals surface area contributed by atoms with Gasteiger partial charge in [0.05, 0.1) is 65.2 Å². The number of hydrogen-bond donors (Lipinski definition) is 0. The highest BCUT2D eigenvalue weighted by molar-refractivity contribution is 8.00. The highest BCUT2D eigenvalue weighted by atomic mass is 32.2. The smallest absolute Gasteiger partial charge is 0.118 e. The Morgan fingerprint density at radius 2 is 1.06 bits per heavy atom. The zero-order valence-electron chi connectivity index (χ0n) is 21.1. The summed E-state index contributed by atoms with van der Waals surface area (Å²) < 4.78 is 34.6. The number of hydrogen-bond acceptors (Lipinski definition) is 7. The maximum Gasteiger partial charge on any atom is 0.118 e. The van der Waals surface area contributed by atoms with Crippen LogP contribution in [0.4, 0.5) is 0 Å². The fourth-order valence-electron chi connectivity index (χ4n) is 4.00. The molecule has 36 heavy (non-hydrogen) atoms. The van der Waals surface area contributed by atoms with E-state index in [9.17, 15) is 0 Å². The quantitative estimate of drug-likeness (QED) is 0.300. The normalized spacial score (nSPS) is 19.2. The van der Waals surface area contributed by atoms with E-state index < -0.39 is 0 Å². The first-order valence-corrected chi connectivity index (χ1v) is 13.0. The van der Waals surface area contributed by atoms with Crippen molar-refractivity contribution in [3.8, 4) is 17.2 Å². The predicted octanol–water partition coefficient (Wildman–Crippen LogP) is 5.52. The van der Waals surface area contributed by atoms with Gasteiger partial charge in [0, 0.05) is 5.75 Å². The molecule has 7 heteroatoms. The number of benzene rings is 3. The van der Waals surface area contributed by atoms with Crippen LogP contribution < -0.4 is 14.2 Å². The summed E-state index contributed by atoms with van der Waals surface area (Å²) in [6, 6.07) is 23.9. The van der Waals surface area contributed by atoms with Crippen LogP contribution in [0.5, 0.6) is 17.2 Å². The number of ether oxygens (including phenoxy) is 6. The van der Waals surface area contributed by atoms with Gasteiger partial charge < -0.3 is 28.4 Å². The van der Waals surface area contributed by atoms with Crippen molar-refractivity contribution in [3.05, 3.63) is 89.5 Å². The molecule has 1 heterocycles. The Balaban J connectivity index is 1.35. The highest BCUT2D eigenvalue weighted by Crippen LogP contribution is 2.33. The van der Waals surface area contributed by atoms with Crippen molar-refractivity contribution in [1.82, 2.24) is 0 Å². The van der Waals surface area contributed by atoms with E-state index in [0.29, 0.717) is 26.4 Å². The van der Waals surface area contributed by atoms with Crippen molar-refractivity contribution in [1.29, 1.82) is 0 Å². The van der Waals surface area contributed by atoms with E-state index in [2.05, 4.69) is 0 Å². The van der Waals surface area contributed by atoms with Crippen LogP contribution >= 0.6 is 11.8 Å². The first kappa shape index (κ1) is 26.4. The third kappa shape index (κ3) is 7.40. The molecule has 0 bridgehead atoms. The zero-order chi connectivity index (χ0) is 25.2. The Morgan fingerprint density at radius 3 is 1.53 bits per heavy atom. The standard InChI is InChI=1S/C29H34O6S/c1-30-24-10-4-21(5-11-24)16-33-19-28-29(35-18-23-8-14-26(32-3)15-9-23)27(20-36-28)34-17-22-6-12-25(31-2)13-7-22/h4-15,27-29H,16-20H2,1-3H3/t27-,28+,29-/m0/s1. The molecule has 3 aromatic rings. The fourth-order valence-corrected chi connectivity index (χ4v) is 5.36. The van der Waals surface area contributed by atoms with Gasteiger partial charge in [0.25, 0.3) is 0 Å². The molecule has 0 N–H and O–H groups in total. The Labute approximate surface area is 217 Å². The van der Waals surface area contributed by atoms with E-state index in [1.54, 1.807) is 21.3 Å². The molecule has 3 atom stereocenters. The Morgan fingerprint density at radius 1 is 0.611 bits per heavy atom. The molecule has 192 valence electrons. The van der Waals surface area contributed by atoms with Gasteiger partial charge in [-0.25, -0.2) is 0 Å². The van der Waals surface area contributed by atoms with Gasteiger partial charge in [-0.2, -0.15) is 11.8 Å². The third-order valence-electron chi connectivity index (χ3n) is 6.14. The molecule has 0 spiro atoms. The molecular weight excluding hydrogens is 476 g/mol. The average Bonchev–Trinajstić information content (AvgIpc) is 3.33. The second-order valence-corrected chi connectivity index (χ2v) is 9.83. The zero-order valence-corrected chi connectivity index (χ0v) is 21.9. The van der Waals surface area contributed by atoms with Crippen LogP contribution in [0.3, 0.4) is 0 Å². The van der Waals surface area contributed by atoms with Crippen molar-refractivity contribution in [2.45, 2.75) is 37.3 Å². The molecule has 1 fully saturated rings. The van der Waals surface area contributed by atoms with Crippen molar-refractivity contribution in [2.24, 2.45) is 0 Å². The predicted molar refractivity (Wildman–Crippen MR) is 142 cm³/mol. The molecule has 1 saturated heterocycles. The molecule has 0 saturated carbocycles. The first-order valence-electron chi connectivity index (χ1n) is 12.0. The molecule has 0 radical (unpaired) electrons. The van der Waals surface area contributed by atoms with Gasteiger partial charge >= 0.3 is 0 Å². The summed E-state index contributed by atoms with van der Waals surface area (Å²) in [5, 5.41) is 0.183. The van der Waals surface area contributed by atoms with Gasteiger partial charge in [0.1, 0.15) is 17.2 Å². The van der Waals surface area contributed by atoms with Crippen molar-refractivity contribution >= 4 is 11.8 Å². The fraction of sp³-hybridized carbons (Fsp3) is 0.379. The molecule has 0 unspecified atom stereocenters. The van der Waals surface area contributed by atoms with Crippen molar-refractivity contribution in [3.63, 3.8) is 0 Å². The lowest BCUT2D eigenvalue weighted by molar-refractivity contribution is -0.0768. The van der Waals surface area contributed by atoms with Gasteiger partial charge in [-0.15, -0.1) is 0 Å². The number of thioether (sulfide) groups is 1. The summed E-state index contributed by atoms with van der Waals surface area (Å²) in [7, 11) is 5.01. The third-order valence-corrected chi connectivity index (χ3v) is 7.50. The summed E-state index contributed by atoms with van der Waals surface area (Å²) in [6.45, 7) is 2.17. The minimum Gasteiger partial charge on any atom is -0.497 e. The van der Waals surface area contributed by atoms with Gasteiger partial charge in [0.2, 0.25) is 0 Å². The Hall–Kier alpha value is -2.71. The van der Waals surface area contributed by atoms with Crippen LogP contribution in [0, 0.1) is 0 Å². The van der Waals surface area contributed by atoms with Gasteiger partial charge in [0.15, 0.2) is 0 Å². The van der Waals surface area contributed by atoms with Crippen LogP contribution in [-0.2, 0) is 34.0 Å². The van der Waals surface area contributed by atoms with E-state index in [1.807, 2.05) is 84.6 Å². The Bertz CT molecular complexity index is 1040. The summed E-state index contributed by atoms with van der Waals surface area (Å²) in [5.74, 6) is 3.37. The average molecular weight is 511 g/mol. The first-order chi connectivity index (χ1) is 17.7. The molecule has 1 aliphatic rings. The SMILES string of the molecule is COc1ccc(COC[C@H]2SC[C@H](OCc3ccc(OC)cc3)[C@@H]2OCc2ccc(OC)cc2)cc1. The molecule has 3 aromatic carbocycles. The molecule has 6 nitrogen and oxygen atoms in total. The molecule has 4 rings (SSSR count). The largest absolute Gasteiger partial charge is 0.497 e. The molecular formula is C29H34O6S. The lowest BCUT2D eigenvalue weighted by Crippen LogP contribution is -2.36. The summed E-state index contributed by atoms with van der Waals surface area (Å²) in [4.78, 5) is 0. The van der Waals surface area contributed by atoms with Crippen LogP contribution in [-0.4, -0.2) is 51.1 Å². The lowest BCUT2D eigenvalue weighted by Gasteiger charge is -2.25. The van der Waals surface area contributed by atoms with Gasteiger partial charge in [-0.1, -0.05) is 36.4 Å². The minimum absolute atomic E-state index is 0.0232. The van der Waals surface area contributed by atoms with E-state index >= 15 is 0 Å². The maximum atomic E-state index is 6.44. The number of methoxy groups -OCH3 is 3. The Kier molecular flexibility index (Phi) is 9.93. The van der Waals surface area contributed by atoms with E-state index in [0.717, 1.165) is 39.7 Å². The minimum atomic E-state index is -0.0776.